The van der Waals surface area contributed by atoms with Crippen LogP contribution in [0.3, 0.4) is 0 Å². The standard InChI is InChI=1S/C13H19NS/c1-2-10-3-6-13(9-10)11-5-8-15-12(11)4-7-14-13/h5,8,10,14H,2-4,6-7,9H2,1H3. The molecule has 0 radical (unpaired) electrons. The highest BCUT2D eigenvalue weighted by Gasteiger charge is 2.42. The molecular formula is C13H19NS. The molecule has 2 atom stereocenters. The largest absolute Gasteiger partial charge is 0.307 e. The van der Waals surface area contributed by atoms with Crippen LogP contribution < -0.4 is 5.32 Å². The Morgan fingerprint density at radius 1 is 1.60 bits per heavy atom. The molecule has 1 spiro atoms. The molecule has 2 heterocycles. The fraction of sp³-hybridized carbons (Fsp3) is 0.692. The zero-order chi connectivity index (χ0) is 10.3. The highest BCUT2D eigenvalue weighted by Crippen LogP contribution is 2.47. The van der Waals surface area contributed by atoms with Gasteiger partial charge in [-0.25, -0.2) is 0 Å². The van der Waals surface area contributed by atoms with Gasteiger partial charge in [-0.05, 0) is 48.6 Å². The van der Waals surface area contributed by atoms with E-state index in [1.54, 1.807) is 10.4 Å². The van der Waals surface area contributed by atoms with E-state index in [0.717, 1.165) is 5.92 Å². The minimum atomic E-state index is 0.369. The third-order valence-electron chi connectivity index (χ3n) is 4.27. The average Bonchev–Trinajstić information content (AvgIpc) is 2.86. The van der Waals surface area contributed by atoms with Crippen molar-refractivity contribution in [2.75, 3.05) is 6.54 Å². The molecule has 0 aromatic carbocycles. The summed E-state index contributed by atoms with van der Waals surface area (Å²) in [5.74, 6) is 0.948. The molecule has 15 heavy (non-hydrogen) atoms. The lowest BCUT2D eigenvalue weighted by molar-refractivity contribution is 0.312. The van der Waals surface area contributed by atoms with Gasteiger partial charge in [0.15, 0.2) is 0 Å². The van der Waals surface area contributed by atoms with Crippen LogP contribution in [0.1, 0.15) is 43.0 Å². The molecule has 2 aliphatic rings. The lowest BCUT2D eigenvalue weighted by atomic mass is 9.84. The van der Waals surface area contributed by atoms with E-state index in [4.69, 9.17) is 0 Å². The molecule has 2 heteroatoms. The van der Waals surface area contributed by atoms with Gasteiger partial charge in [-0.2, -0.15) is 0 Å². The van der Waals surface area contributed by atoms with Crippen LogP contribution in [0.25, 0.3) is 0 Å². The fourth-order valence-electron chi connectivity index (χ4n) is 3.37. The SMILES string of the molecule is CCC1CCC2(C1)NCCc1sccc12. The van der Waals surface area contributed by atoms with Crippen molar-refractivity contribution in [3.63, 3.8) is 0 Å². The van der Waals surface area contributed by atoms with Crippen LogP contribution in [0.2, 0.25) is 0 Å². The second-order valence-corrected chi connectivity index (χ2v) is 6.03. The Hall–Kier alpha value is -0.340. The average molecular weight is 221 g/mol. The monoisotopic (exact) mass is 221 g/mol. The summed E-state index contributed by atoms with van der Waals surface area (Å²) < 4.78 is 0. The quantitative estimate of drug-likeness (QED) is 0.767. The van der Waals surface area contributed by atoms with Crippen molar-refractivity contribution in [2.45, 2.75) is 44.6 Å². The summed E-state index contributed by atoms with van der Waals surface area (Å²) in [6.07, 6.45) is 6.73. The summed E-state index contributed by atoms with van der Waals surface area (Å²) in [6, 6.07) is 2.37. The van der Waals surface area contributed by atoms with Crippen molar-refractivity contribution >= 4 is 11.3 Å². The van der Waals surface area contributed by atoms with E-state index in [-0.39, 0.29) is 0 Å². The van der Waals surface area contributed by atoms with Gasteiger partial charge >= 0.3 is 0 Å². The Balaban J connectivity index is 1.95. The Morgan fingerprint density at radius 2 is 2.53 bits per heavy atom. The summed E-state index contributed by atoms with van der Waals surface area (Å²) in [6.45, 7) is 3.52. The van der Waals surface area contributed by atoms with Gasteiger partial charge in [0.1, 0.15) is 0 Å². The number of hydrogen-bond acceptors (Lipinski definition) is 2. The van der Waals surface area contributed by atoms with E-state index >= 15 is 0 Å². The minimum absolute atomic E-state index is 0.369. The summed E-state index contributed by atoms with van der Waals surface area (Å²) in [4.78, 5) is 1.64. The molecule has 1 saturated carbocycles. The maximum absolute atomic E-state index is 3.81. The molecule has 1 aromatic heterocycles. The maximum atomic E-state index is 3.81. The third-order valence-corrected chi connectivity index (χ3v) is 5.25. The molecule has 82 valence electrons. The smallest absolute Gasteiger partial charge is 0.0448 e. The number of nitrogens with one attached hydrogen (secondary N) is 1. The van der Waals surface area contributed by atoms with Gasteiger partial charge in [0.05, 0.1) is 0 Å². The van der Waals surface area contributed by atoms with Crippen molar-refractivity contribution in [3.8, 4) is 0 Å². The molecule has 1 aromatic rings. The molecule has 1 aliphatic heterocycles. The molecule has 1 fully saturated rings. The molecule has 3 rings (SSSR count). The molecule has 0 bridgehead atoms. The topological polar surface area (TPSA) is 12.0 Å². The van der Waals surface area contributed by atoms with Crippen LogP contribution in [0.15, 0.2) is 11.4 Å². The first-order valence-corrected chi connectivity index (χ1v) is 7.04. The number of thiophene rings is 1. The van der Waals surface area contributed by atoms with E-state index in [2.05, 4.69) is 23.7 Å². The van der Waals surface area contributed by atoms with Crippen molar-refractivity contribution in [1.82, 2.24) is 5.32 Å². The molecular weight excluding hydrogens is 202 g/mol. The first-order valence-electron chi connectivity index (χ1n) is 6.16. The van der Waals surface area contributed by atoms with Crippen LogP contribution in [0.5, 0.6) is 0 Å². The Labute approximate surface area is 95.9 Å². The fourth-order valence-corrected chi connectivity index (χ4v) is 4.35. The minimum Gasteiger partial charge on any atom is -0.307 e. The maximum Gasteiger partial charge on any atom is 0.0448 e. The predicted octanol–water partition coefficient (Wildman–Crippen LogP) is 3.30. The highest BCUT2D eigenvalue weighted by molar-refractivity contribution is 7.10. The Morgan fingerprint density at radius 3 is 3.33 bits per heavy atom. The third kappa shape index (κ3) is 1.46. The second kappa shape index (κ2) is 3.60. The van der Waals surface area contributed by atoms with Gasteiger partial charge in [-0.15, -0.1) is 11.3 Å². The van der Waals surface area contributed by atoms with Gasteiger partial charge in [0.25, 0.3) is 0 Å². The first kappa shape index (κ1) is 9.86. The molecule has 1 aliphatic carbocycles. The molecule has 1 nitrogen and oxygen atoms in total. The van der Waals surface area contributed by atoms with Crippen LogP contribution in [-0.4, -0.2) is 6.54 Å². The first-order chi connectivity index (χ1) is 7.34. The lowest BCUT2D eigenvalue weighted by Crippen LogP contribution is -2.44. The molecule has 1 N–H and O–H groups in total. The number of rotatable bonds is 1. The van der Waals surface area contributed by atoms with Gasteiger partial charge in [0, 0.05) is 17.0 Å². The zero-order valence-corrected chi connectivity index (χ0v) is 10.2. The number of hydrogen-bond donors (Lipinski definition) is 1. The van der Waals surface area contributed by atoms with Crippen molar-refractivity contribution in [1.29, 1.82) is 0 Å². The van der Waals surface area contributed by atoms with E-state index in [1.807, 2.05) is 11.3 Å². The van der Waals surface area contributed by atoms with E-state index in [1.165, 1.54) is 38.6 Å². The predicted molar refractivity (Wildman–Crippen MR) is 65.3 cm³/mol. The second-order valence-electron chi connectivity index (χ2n) is 5.03. The van der Waals surface area contributed by atoms with E-state index in [0.29, 0.717) is 5.54 Å². The number of fused-ring (bicyclic) bond motifs is 2. The van der Waals surface area contributed by atoms with Crippen molar-refractivity contribution < 1.29 is 0 Å². The van der Waals surface area contributed by atoms with Gasteiger partial charge in [0.2, 0.25) is 0 Å². The summed E-state index contributed by atoms with van der Waals surface area (Å²) in [7, 11) is 0. The van der Waals surface area contributed by atoms with Crippen molar-refractivity contribution in [2.24, 2.45) is 5.92 Å². The van der Waals surface area contributed by atoms with E-state index < -0.39 is 0 Å². The van der Waals surface area contributed by atoms with Crippen LogP contribution >= 0.6 is 11.3 Å². The van der Waals surface area contributed by atoms with E-state index in [9.17, 15) is 0 Å². The Bertz CT molecular complexity index is 357. The van der Waals surface area contributed by atoms with Crippen LogP contribution in [-0.2, 0) is 12.0 Å². The molecule has 2 unspecified atom stereocenters. The zero-order valence-electron chi connectivity index (χ0n) is 9.38. The van der Waals surface area contributed by atoms with Crippen LogP contribution in [0.4, 0.5) is 0 Å². The summed E-state index contributed by atoms with van der Waals surface area (Å²) in [5.41, 5.74) is 2.00. The molecule has 0 amide bonds. The Kier molecular flexibility index (Phi) is 2.37. The van der Waals surface area contributed by atoms with Gasteiger partial charge in [-0.1, -0.05) is 13.3 Å². The lowest BCUT2D eigenvalue weighted by Gasteiger charge is -2.35. The van der Waals surface area contributed by atoms with Crippen LogP contribution in [0, 0.1) is 5.92 Å². The summed E-state index contributed by atoms with van der Waals surface area (Å²) >= 11 is 1.96. The highest BCUT2D eigenvalue weighted by atomic mass is 32.1. The summed E-state index contributed by atoms with van der Waals surface area (Å²) in [5, 5.41) is 6.08. The van der Waals surface area contributed by atoms with Crippen molar-refractivity contribution in [3.05, 3.63) is 21.9 Å². The normalized spacial score (nSPS) is 34.6. The molecule has 0 saturated heterocycles. The van der Waals surface area contributed by atoms with Gasteiger partial charge in [-0.3, -0.25) is 0 Å². The van der Waals surface area contributed by atoms with Gasteiger partial charge < -0.3 is 5.32 Å².